The van der Waals surface area contributed by atoms with Crippen LogP contribution in [0.25, 0.3) is 6.08 Å². The van der Waals surface area contributed by atoms with Gasteiger partial charge in [0.1, 0.15) is 0 Å². The number of rotatable bonds is 5. The number of unbranched alkanes of at least 4 members (excludes halogenated alkanes) is 3. The minimum atomic E-state index is 1.18. The quantitative estimate of drug-likeness (QED) is 0.588. The molecule has 69 valence electrons. The Morgan fingerprint density at radius 3 is 2.92 bits per heavy atom. The van der Waals surface area contributed by atoms with Gasteiger partial charge in [-0.15, -0.1) is 0 Å². The van der Waals surface area contributed by atoms with Crippen LogP contribution in [0.5, 0.6) is 0 Å². The van der Waals surface area contributed by atoms with Gasteiger partial charge in [0.05, 0.1) is 0 Å². The number of benzene rings is 1. The van der Waals surface area contributed by atoms with Crippen molar-refractivity contribution in [2.45, 2.75) is 32.6 Å². The van der Waals surface area contributed by atoms with Crippen molar-refractivity contribution < 1.29 is 0 Å². The SMILES string of the molecule is CCCCCC=Cc1[c]cccc1. The fraction of sp³-hybridized carbons (Fsp3) is 0.385. The molecule has 0 unspecified atom stereocenters. The highest BCUT2D eigenvalue weighted by Crippen LogP contribution is 2.04. The molecule has 0 fully saturated rings. The molecule has 1 rings (SSSR count). The van der Waals surface area contributed by atoms with Crippen molar-refractivity contribution in [3.8, 4) is 0 Å². The van der Waals surface area contributed by atoms with Crippen LogP contribution < -0.4 is 0 Å². The lowest BCUT2D eigenvalue weighted by Gasteiger charge is -1.92. The molecular weight excluding hydrogens is 156 g/mol. The Balaban J connectivity index is 2.25. The van der Waals surface area contributed by atoms with Gasteiger partial charge >= 0.3 is 0 Å². The maximum atomic E-state index is 3.17. The molecule has 0 aliphatic heterocycles. The topological polar surface area (TPSA) is 0 Å². The summed E-state index contributed by atoms with van der Waals surface area (Å²) in [5, 5.41) is 0. The molecule has 0 bridgehead atoms. The molecule has 0 aromatic heterocycles. The van der Waals surface area contributed by atoms with E-state index in [2.05, 4.69) is 31.2 Å². The molecule has 0 heteroatoms. The molecule has 0 saturated carbocycles. The third-order valence-corrected chi connectivity index (χ3v) is 2.00. The summed E-state index contributed by atoms with van der Waals surface area (Å²) in [5.74, 6) is 0. The zero-order chi connectivity index (χ0) is 9.36. The molecule has 0 atom stereocenters. The maximum absolute atomic E-state index is 3.17. The first kappa shape index (κ1) is 10.0. The average Bonchev–Trinajstić information content (AvgIpc) is 2.19. The van der Waals surface area contributed by atoms with E-state index in [0.29, 0.717) is 0 Å². The van der Waals surface area contributed by atoms with Crippen molar-refractivity contribution in [3.63, 3.8) is 0 Å². The van der Waals surface area contributed by atoms with Gasteiger partial charge in [0.15, 0.2) is 0 Å². The van der Waals surface area contributed by atoms with Crippen LogP contribution in [0.2, 0.25) is 0 Å². The maximum Gasteiger partial charge on any atom is -0.0106 e. The second-order valence-corrected chi connectivity index (χ2v) is 3.22. The fourth-order valence-corrected chi connectivity index (χ4v) is 1.23. The van der Waals surface area contributed by atoms with E-state index in [-0.39, 0.29) is 0 Å². The first-order valence-electron chi connectivity index (χ1n) is 5.06. The van der Waals surface area contributed by atoms with Gasteiger partial charge in [0.2, 0.25) is 0 Å². The Bertz CT molecular complexity index is 233. The molecule has 0 amide bonds. The lowest BCUT2D eigenvalue weighted by atomic mass is 10.1. The van der Waals surface area contributed by atoms with Gasteiger partial charge < -0.3 is 0 Å². The van der Waals surface area contributed by atoms with E-state index >= 15 is 0 Å². The van der Waals surface area contributed by atoms with Gasteiger partial charge in [0, 0.05) is 0 Å². The molecule has 0 N–H and O–H groups in total. The second kappa shape index (κ2) is 6.47. The zero-order valence-corrected chi connectivity index (χ0v) is 8.29. The van der Waals surface area contributed by atoms with Crippen molar-refractivity contribution in [2.24, 2.45) is 0 Å². The van der Waals surface area contributed by atoms with Crippen molar-refractivity contribution in [1.29, 1.82) is 0 Å². The minimum Gasteiger partial charge on any atom is -0.0839 e. The van der Waals surface area contributed by atoms with Crippen LogP contribution in [0.3, 0.4) is 0 Å². The lowest BCUT2D eigenvalue weighted by Crippen LogP contribution is -1.72. The van der Waals surface area contributed by atoms with Gasteiger partial charge in [0.25, 0.3) is 0 Å². The average molecular weight is 173 g/mol. The molecule has 0 heterocycles. The predicted molar refractivity (Wildman–Crippen MR) is 58.5 cm³/mol. The van der Waals surface area contributed by atoms with Crippen molar-refractivity contribution >= 4 is 6.08 Å². The van der Waals surface area contributed by atoms with Gasteiger partial charge in [-0.2, -0.15) is 0 Å². The predicted octanol–water partition coefficient (Wildman–Crippen LogP) is 4.08. The summed E-state index contributed by atoms with van der Waals surface area (Å²) in [7, 11) is 0. The smallest absolute Gasteiger partial charge is 0.0106 e. The fourth-order valence-electron chi connectivity index (χ4n) is 1.23. The van der Waals surface area contributed by atoms with Gasteiger partial charge in [-0.1, -0.05) is 56.2 Å². The zero-order valence-electron chi connectivity index (χ0n) is 8.29. The molecule has 0 nitrogen and oxygen atoms in total. The summed E-state index contributed by atoms with van der Waals surface area (Å²) in [5.41, 5.74) is 1.18. The third-order valence-electron chi connectivity index (χ3n) is 2.00. The number of hydrogen-bond acceptors (Lipinski definition) is 0. The Morgan fingerprint density at radius 1 is 1.31 bits per heavy atom. The van der Waals surface area contributed by atoms with E-state index in [0.717, 1.165) is 0 Å². The third kappa shape index (κ3) is 4.51. The van der Waals surface area contributed by atoms with Crippen LogP contribution in [0.15, 0.2) is 30.3 Å². The Morgan fingerprint density at radius 2 is 2.23 bits per heavy atom. The van der Waals surface area contributed by atoms with Crippen LogP contribution in [-0.2, 0) is 0 Å². The molecular formula is C13H17. The Hall–Kier alpha value is -1.04. The van der Waals surface area contributed by atoms with Gasteiger partial charge in [-0.05, 0) is 24.5 Å². The molecule has 1 radical (unpaired) electrons. The van der Waals surface area contributed by atoms with Crippen LogP contribution in [0.4, 0.5) is 0 Å². The summed E-state index contributed by atoms with van der Waals surface area (Å²) in [6.07, 6.45) is 9.52. The van der Waals surface area contributed by atoms with Crippen LogP contribution >= 0.6 is 0 Å². The number of allylic oxidation sites excluding steroid dienone is 1. The molecule has 1 aromatic rings. The molecule has 1 aromatic carbocycles. The minimum absolute atomic E-state index is 1.18. The van der Waals surface area contributed by atoms with Crippen LogP contribution in [0.1, 0.15) is 38.2 Å². The monoisotopic (exact) mass is 173 g/mol. The molecule has 13 heavy (non-hydrogen) atoms. The summed E-state index contributed by atoms with van der Waals surface area (Å²) in [6, 6.07) is 11.2. The number of hydrogen-bond donors (Lipinski definition) is 0. The first-order chi connectivity index (χ1) is 6.43. The first-order valence-corrected chi connectivity index (χ1v) is 5.06. The summed E-state index contributed by atoms with van der Waals surface area (Å²) in [4.78, 5) is 0. The summed E-state index contributed by atoms with van der Waals surface area (Å²) < 4.78 is 0. The normalized spacial score (nSPS) is 10.8. The van der Waals surface area contributed by atoms with Crippen molar-refractivity contribution in [3.05, 3.63) is 42.0 Å². The Kier molecular flexibility index (Phi) is 5.00. The van der Waals surface area contributed by atoms with E-state index in [9.17, 15) is 0 Å². The molecule has 0 aliphatic rings. The highest BCUT2D eigenvalue weighted by atomic mass is 13.9. The van der Waals surface area contributed by atoms with Crippen LogP contribution in [0, 0.1) is 6.07 Å². The standard InChI is InChI=1S/C13H17/c1-2-3-4-5-7-10-13-11-8-6-9-12-13/h6-11H,2-5H2,1H3. The molecule has 0 spiro atoms. The van der Waals surface area contributed by atoms with E-state index in [4.69, 9.17) is 0 Å². The van der Waals surface area contributed by atoms with Crippen LogP contribution in [-0.4, -0.2) is 0 Å². The summed E-state index contributed by atoms with van der Waals surface area (Å²) >= 11 is 0. The second-order valence-electron chi connectivity index (χ2n) is 3.22. The van der Waals surface area contributed by atoms with Gasteiger partial charge in [-0.3, -0.25) is 0 Å². The van der Waals surface area contributed by atoms with E-state index in [1.54, 1.807) is 0 Å². The largest absolute Gasteiger partial charge is 0.0839 e. The highest BCUT2D eigenvalue weighted by molar-refractivity contribution is 5.47. The summed E-state index contributed by atoms with van der Waals surface area (Å²) in [6.45, 7) is 2.23. The van der Waals surface area contributed by atoms with E-state index < -0.39 is 0 Å². The van der Waals surface area contributed by atoms with E-state index in [1.165, 1.54) is 31.2 Å². The highest BCUT2D eigenvalue weighted by Gasteiger charge is 1.84. The lowest BCUT2D eigenvalue weighted by molar-refractivity contribution is 0.730. The molecule has 0 aliphatic carbocycles. The van der Waals surface area contributed by atoms with Crippen molar-refractivity contribution in [2.75, 3.05) is 0 Å². The molecule has 0 saturated heterocycles. The van der Waals surface area contributed by atoms with Crippen molar-refractivity contribution in [1.82, 2.24) is 0 Å². The van der Waals surface area contributed by atoms with E-state index in [1.807, 2.05) is 18.2 Å². The van der Waals surface area contributed by atoms with Gasteiger partial charge in [-0.25, -0.2) is 0 Å². The Labute approximate surface area is 81.3 Å².